The number of fused-ring (bicyclic) bond motifs is 6. The number of nitrogens with two attached hydrogens (primary N) is 1. The largest absolute Gasteiger partial charge is 0.389 e. The Morgan fingerprint density at radius 1 is 1.12 bits per heavy atom. The quantitative estimate of drug-likeness (QED) is 0.551. The number of nitrogen functional groups attached to an aromatic ring is 1. The van der Waals surface area contributed by atoms with E-state index in [-0.39, 0.29) is 16.4 Å². The predicted octanol–water partition coefficient (Wildman–Crippen LogP) is 3.50. The van der Waals surface area contributed by atoms with Crippen LogP contribution in [0.15, 0.2) is 9.32 Å². The highest BCUT2D eigenvalue weighted by Gasteiger charge is 2.49. The zero-order valence-corrected chi connectivity index (χ0v) is 19.6. The summed E-state index contributed by atoms with van der Waals surface area (Å²) in [5.41, 5.74) is 10.6. The Hall–Kier alpha value is -2.96. The van der Waals surface area contributed by atoms with Gasteiger partial charge in [0, 0.05) is 28.0 Å². The number of rotatable bonds is 1. The third kappa shape index (κ3) is 2.53. The summed E-state index contributed by atoms with van der Waals surface area (Å²) in [7, 11) is 0. The van der Waals surface area contributed by atoms with E-state index in [1.807, 2.05) is 0 Å². The van der Waals surface area contributed by atoms with Gasteiger partial charge in [-0.15, -0.1) is 11.3 Å². The molecule has 0 bridgehead atoms. The molecule has 3 N–H and O–H groups in total. The van der Waals surface area contributed by atoms with Crippen LogP contribution >= 0.6 is 11.3 Å². The fourth-order valence-corrected chi connectivity index (χ4v) is 8.14. The number of hydrogen-bond donors (Lipinski definition) is 2. The molecule has 8 nitrogen and oxygen atoms in total. The van der Waals surface area contributed by atoms with E-state index in [2.05, 4.69) is 16.2 Å². The first kappa shape index (κ1) is 20.4. The van der Waals surface area contributed by atoms with E-state index in [0.717, 1.165) is 85.9 Å². The molecule has 3 aliphatic carbocycles. The number of aromatic amines is 1. The second-order valence-corrected chi connectivity index (χ2v) is 11.3. The Morgan fingerprint density at radius 3 is 2.76 bits per heavy atom. The molecule has 7 rings (SSSR count). The summed E-state index contributed by atoms with van der Waals surface area (Å²) in [4.78, 5) is 22.2. The number of aromatic nitrogens is 3. The van der Waals surface area contributed by atoms with Crippen molar-refractivity contribution in [3.8, 4) is 17.6 Å². The van der Waals surface area contributed by atoms with Crippen molar-refractivity contribution in [3.05, 3.63) is 48.9 Å². The minimum Gasteiger partial charge on any atom is -0.389 e. The van der Waals surface area contributed by atoms with Crippen LogP contribution in [0.25, 0.3) is 11.5 Å². The average molecular weight is 476 g/mol. The number of ether oxygens (including phenoxy) is 1. The predicted molar refractivity (Wildman–Crippen MR) is 126 cm³/mol. The third-order valence-electron chi connectivity index (χ3n) is 8.56. The van der Waals surface area contributed by atoms with Crippen LogP contribution in [0.2, 0.25) is 0 Å². The van der Waals surface area contributed by atoms with Crippen molar-refractivity contribution < 1.29 is 9.26 Å². The Kier molecular flexibility index (Phi) is 4.22. The van der Waals surface area contributed by atoms with Crippen LogP contribution < -0.4 is 11.3 Å². The van der Waals surface area contributed by atoms with Crippen molar-refractivity contribution >= 4 is 16.3 Å². The van der Waals surface area contributed by atoms with Crippen molar-refractivity contribution in [1.29, 1.82) is 5.26 Å². The molecule has 34 heavy (non-hydrogen) atoms. The van der Waals surface area contributed by atoms with Gasteiger partial charge in [0.15, 0.2) is 17.3 Å². The molecule has 0 saturated carbocycles. The maximum absolute atomic E-state index is 13.0. The lowest BCUT2D eigenvalue weighted by atomic mass is 9.63. The first-order valence-corrected chi connectivity index (χ1v) is 12.9. The maximum atomic E-state index is 13.0. The molecule has 2 atom stereocenters. The molecule has 1 aliphatic heterocycles. The van der Waals surface area contributed by atoms with Crippen LogP contribution in [0, 0.1) is 11.3 Å². The molecule has 0 amide bonds. The highest BCUT2D eigenvalue weighted by Crippen LogP contribution is 2.55. The molecule has 4 heterocycles. The molecule has 174 valence electrons. The average Bonchev–Trinajstić information content (AvgIpc) is 3.61. The fourth-order valence-electron chi connectivity index (χ4n) is 6.98. The van der Waals surface area contributed by atoms with E-state index in [1.165, 1.54) is 16.2 Å². The molecule has 0 aromatic carbocycles. The zero-order chi connectivity index (χ0) is 23.1. The molecule has 3 aromatic rings. The molecule has 9 heteroatoms. The summed E-state index contributed by atoms with van der Waals surface area (Å²) in [6.07, 6.45) is 8.06. The molecule has 3 aromatic heterocycles. The molecule has 1 saturated heterocycles. The molecular formula is C25H25N5O3S. The van der Waals surface area contributed by atoms with Gasteiger partial charge < -0.3 is 20.0 Å². The van der Waals surface area contributed by atoms with Crippen LogP contribution in [0.5, 0.6) is 0 Å². The van der Waals surface area contributed by atoms with E-state index in [0.29, 0.717) is 35.3 Å². The van der Waals surface area contributed by atoms with Crippen LogP contribution in [-0.2, 0) is 34.8 Å². The molecule has 0 radical (unpaired) electrons. The Balaban J connectivity index is 1.40. The number of nitrogens with zero attached hydrogens (tertiary/aromatic N) is 3. The summed E-state index contributed by atoms with van der Waals surface area (Å²) < 4.78 is 11.8. The molecule has 4 aliphatic rings. The maximum Gasteiger partial charge on any atom is 0.254 e. The van der Waals surface area contributed by atoms with Gasteiger partial charge in [0.2, 0.25) is 0 Å². The van der Waals surface area contributed by atoms with Gasteiger partial charge in [-0.05, 0) is 63.4 Å². The normalized spacial score (nSPS) is 27.0. The Labute approximate surface area is 200 Å². The summed E-state index contributed by atoms with van der Waals surface area (Å²) in [5.74, 6) is 1.31. The SMILES string of the molecule is N#Cc1c(N)sc2c1[C@@]1(CCC2)CCCc2c(-c3nc4c(c(=O)[nH]3)CCC43CCOC3)noc21. The van der Waals surface area contributed by atoms with E-state index in [1.54, 1.807) is 0 Å². The van der Waals surface area contributed by atoms with E-state index in [4.69, 9.17) is 20.0 Å². The minimum absolute atomic E-state index is 0.0802. The van der Waals surface area contributed by atoms with Gasteiger partial charge in [0.1, 0.15) is 11.1 Å². The number of thiophene rings is 1. The summed E-state index contributed by atoms with van der Waals surface area (Å²) in [6.45, 7) is 1.33. The highest BCUT2D eigenvalue weighted by atomic mass is 32.1. The summed E-state index contributed by atoms with van der Waals surface area (Å²) >= 11 is 1.53. The van der Waals surface area contributed by atoms with Gasteiger partial charge in [0.05, 0.1) is 23.3 Å². The monoisotopic (exact) mass is 475 g/mol. The van der Waals surface area contributed by atoms with Crippen LogP contribution in [-0.4, -0.2) is 28.3 Å². The van der Waals surface area contributed by atoms with E-state index >= 15 is 0 Å². The Bertz CT molecular complexity index is 1430. The van der Waals surface area contributed by atoms with Gasteiger partial charge in [0.25, 0.3) is 5.56 Å². The van der Waals surface area contributed by atoms with Crippen molar-refractivity contribution in [1.82, 2.24) is 15.1 Å². The number of H-pyrrole nitrogens is 1. The highest BCUT2D eigenvalue weighted by molar-refractivity contribution is 7.16. The van der Waals surface area contributed by atoms with Gasteiger partial charge in [-0.3, -0.25) is 4.79 Å². The standard InChI is InChI=1S/C25H25N5O3S/c26-11-15-17-16(34-21(15)27)4-2-7-25(17)6-1-3-13-18(30-33-20(13)25)22-28-19-14(23(31)29-22)5-8-24(19)9-10-32-12-24/h1-10,12,27H2,(H,28,29,31)/t24?,25-/m0/s1. The molecular weight excluding hydrogens is 450 g/mol. The first-order chi connectivity index (χ1) is 16.6. The number of nitriles is 1. The minimum atomic E-state index is -0.386. The lowest BCUT2D eigenvalue weighted by Crippen LogP contribution is -2.35. The van der Waals surface area contributed by atoms with Crippen molar-refractivity contribution in [2.24, 2.45) is 0 Å². The summed E-state index contributed by atoms with van der Waals surface area (Å²) in [5, 5.41) is 15.0. The van der Waals surface area contributed by atoms with E-state index in [9.17, 15) is 10.1 Å². The first-order valence-electron chi connectivity index (χ1n) is 12.1. The summed E-state index contributed by atoms with van der Waals surface area (Å²) in [6, 6.07) is 2.36. The Morgan fingerprint density at radius 2 is 1.97 bits per heavy atom. The smallest absolute Gasteiger partial charge is 0.254 e. The fraction of sp³-hybridized carbons (Fsp3) is 0.520. The number of hydrogen-bond acceptors (Lipinski definition) is 8. The van der Waals surface area contributed by atoms with Gasteiger partial charge in [-0.2, -0.15) is 5.26 Å². The van der Waals surface area contributed by atoms with Crippen LogP contribution in [0.3, 0.4) is 0 Å². The van der Waals surface area contributed by atoms with Gasteiger partial charge in [-0.1, -0.05) is 5.16 Å². The topological polar surface area (TPSA) is 131 Å². The second-order valence-electron chi connectivity index (χ2n) is 10.2. The lowest BCUT2D eigenvalue weighted by Gasteiger charge is -2.39. The van der Waals surface area contributed by atoms with Gasteiger partial charge >= 0.3 is 0 Å². The molecule has 2 spiro atoms. The van der Waals surface area contributed by atoms with Crippen LogP contribution in [0.1, 0.15) is 77.1 Å². The van der Waals surface area contributed by atoms with Crippen LogP contribution in [0.4, 0.5) is 5.00 Å². The zero-order valence-electron chi connectivity index (χ0n) is 18.8. The molecule has 1 unspecified atom stereocenters. The second kappa shape index (κ2) is 7.03. The van der Waals surface area contributed by atoms with Crippen molar-refractivity contribution in [3.63, 3.8) is 0 Å². The number of anilines is 1. The number of aryl methyl sites for hydroxylation is 1. The van der Waals surface area contributed by atoms with Gasteiger partial charge in [-0.25, -0.2) is 4.98 Å². The van der Waals surface area contributed by atoms with Crippen molar-refractivity contribution in [2.75, 3.05) is 18.9 Å². The lowest BCUT2D eigenvalue weighted by molar-refractivity contribution is 0.176. The number of nitrogens with one attached hydrogen (secondary N) is 1. The molecule has 1 fully saturated rings. The third-order valence-corrected chi connectivity index (χ3v) is 9.64. The van der Waals surface area contributed by atoms with E-state index < -0.39 is 0 Å². The van der Waals surface area contributed by atoms with Crippen molar-refractivity contribution in [2.45, 2.75) is 68.6 Å².